The summed E-state index contributed by atoms with van der Waals surface area (Å²) in [5.41, 5.74) is 3.01. The summed E-state index contributed by atoms with van der Waals surface area (Å²) in [5.74, 6) is -0.0500. The van der Waals surface area contributed by atoms with Crippen LogP contribution in [0.3, 0.4) is 0 Å². The molecule has 2 aromatic rings. The Labute approximate surface area is 147 Å². The Kier molecular flexibility index (Phi) is 4.67. The largest absolute Gasteiger partial charge is 0.507 e. The molecule has 0 saturated heterocycles. The molecule has 1 heterocycles. The minimum absolute atomic E-state index is 0.0165. The molecule has 0 radical (unpaired) electrons. The van der Waals surface area contributed by atoms with Gasteiger partial charge in [0.05, 0.1) is 4.90 Å². The number of halogens is 2. The molecule has 4 nitrogen and oxygen atoms in total. The van der Waals surface area contributed by atoms with E-state index in [9.17, 15) is 9.32 Å². The highest BCUT2D eigenvalue weighted by atomic mass is 35.5. The first-order valence-corrected chi connectivity index (χ1v) is 8.99. The quantitative estimate of drug-likeness (QED) is 0.852. The molecule has 122 valence electrons. The number of phenolic OH excluding ortho intramolecular Hbond substituents is 1. The molecule has 2 unspecified atom stereocenters. The van der Waals surface area contributed by atoms with Gasteiger partial charge >= 0.3 is 0 Å². The van der Waals surface area contributed by atoms with Crippen LogP contribution in [-0.4, -0.2) is 27.8 Å². The molecule has 7 heteroatoms. The van der Waals surface area contributed by atoms with Gasteiger partial charge in [0.1, 0.15) is 16.7 Å². The van der Waals surface area contributed by atoms with Crippen LogP contribution in [0.15, 0.2) is 35.2 Å². The molecule has 3 rings (SSSR count). The predicted molar refractivity (Wildman–Crippen MR) is 93.3 cm³/mol. The fourth-order valence-corrected chi connectivity index (χ4v) is 4.13. The fourth-order valence-electron chi connectivity index (χ4n) is 3.04. The summed E-state index contributed by atoms with van der Waals surface area (Å²) in [7, 11) is 0.271. The van der Waals surface area contributed by atoms with Gasteiger partial charge in [-0.05, 0) is 48.0 Å². The number of nitrogens with two attached hydrogens (primary N) is 1. The molecule has 0 spiro atoms. The SMILES string of the molecule is CN1Cc2c(Cl)cc(Cl)cc2C(c2ccc(O)c(S(N)=O)c2)C1. The third-order valence-electron chi connectivity index (χ3n) is 4.10. The van der Waals surface area contributed by atoms with E-state index in [1.165, 1.54) is 6.07 Å². The topological polar surface area (TPSA) is 66.6 Å². The van der Waals surface area contributed by atoms with Crippen molar-refractivity contribution in [2.75, 3.05) is 13.6 Å². The summed E-state index contributed by atoms with van der Waals surface area (Å²) in [6.45, 7) is 1.51. The van der Waals surface area contributed by atoms with Crippen molar-refractivity contribution in [3.8, 4) is 5.75 Å². The number of hydrogen-bond donors (Lipinski definition) is 2. The highest BCUT2D eigenvalue weighted by Crippen LogP contribution is 2.39. The van der Waals surface area contributed by atoms with Crippen molar-refractivity contribution in [2.45, 2.75) is 17.4 Å². The van der Waals surface area contributed by atoms with Gasteiger partial charge in [-0.25, -0.2) is 9.35 Å². The van der Waals surface area contributed by atoms with Crippen molar-refractivity contribution in [3.05, 3.63) is 57.1 Å². The van der Waals surface area contributed by atoms with Crippen LogP contribution >= 0.6 is 23.2 Å². The van der Waals surface area contributed by atoms with E-state index in [-0.39, 0.29) is 16.6 Å². The number of fused-ring (bicyclic) bond motifs is 1. The zero-order valence-corrected chi connectivity index (χ0v) is 14.8. The van der Waals surface area contributed by atoms with E-state index in [0.717, 1.165) is 29.8 Å². The average molecular weight is 371 g/mol. The van der Waals surface area contributed by atoms with Gasteiger partial charge in [-0.1, -0.05) is 29.3 Å². The first-order valence-electron chi connectivity index (χ1n) is 7.02. The smallest absolute Gasteiger partial charge is 0.133 e. The first kappa shape index (κ1) is 16.7. The van der Waals surface area contributed by atoms with E-state index in [1.807, 2.05) is 19.2 Å². The van der Waals surface area contributed by atoms with Gasteiger partial charge in [0.2, 0.25) is 0 Å². The number of phenols is 1. The molecule has 0 saturated carbocycles. The van der Waals surface area contributed by atoms with Crippen molar-refractivity contribution in [1.82, 2.24) is 4.90 Å². The van der Waals surface area contributed by atoms with Crippen LogP contribution in [0.4, 0.5) is 0 Å². The lowest BCUT2D eigenvalue weighted by Gasteiger charge is -2.33. The Bertz CT molecular complexity index is 798. The molecular formula is C16H16Cl2N2O2S. The minimum Gasteiger partial charge on any atom is -0.507 e. The molecule has 1 aliphatic rings. The van der Waals surface area contributed by atoms with Crippen molar-refractivity contribution < 1.29 is 9.32 Å². The maximum absolute atomic E-state index is 11.6. The lowest BCUT2D eigenvalue weighted by atomic mass is 9.85. The van der Waals surface area contributed by atoms with Crippen molar-refractivity contribution in [3.63, 3.8) is 0 Å². The zero-order valence-electron chi connectivity index (χ0n) is 12.4. The first-order chi connectivity index (χ1) is 10.9. The number of likely N-dealkylation sites (N-methyl/N-ethyl adjacent to an activating group) is 1. The lowest BCUT2D eigenvalue weighted by molar-refractivity contribution is 0.295. The third-order valence-corrected chi connectivity index (χ3v) is 5.41. The molecule has 3 N–H and O–H groups in total. The van der Waals surface area contributed by atoms with Gasteiger partial charge in [0.15, 0.2) is 0 Å². The van der Waals surface area contributed by atoms with Crippen LogP contribution in [0.2, 0.25) is 10.0 Å². The van der Waals surface area contributed by atoms with Crippen LogP contribution in [0.5, 0.6) is 5.75 Å². The van der Waals surface area contributed by atoms with E-state index in [1.54, 1.807) is 12.1 Å². The summed E-state index contributed by atoms with van der Waals surface area (Å²) >= 11 is 12.5. The van der Waals surface area contributed by atoms with Crippen molar-refractivity contribution in [1.29, 1.82) is 0 Å². The monoisotopic (exact) mass is 370 g/mol. The number of rotatable bonds is 2. The highest BCUT2D eigenvalue weighted by Gasteiger charge is 2.27. The zero-order chi connectivity index (χ0) is 16.7. The average Bonchev–Trinajstić information content (AvgIpc) is 2.48. The molecule has 1 aliphatic heterocycles. The second-order valence-electron chi connectivity index (χ2n) is 5.73. The van der Waals surface area contributed by atoms with Crippen molar-refractivity contribution >= 4 is 34.2 Å². The van der Waals surface area contributed by atoms with Crippen LogP contribution < -0.4 is 5.14 Å². The molecule has 0 amide bonds. The Morgan fingerprint density at radius 3 is 2.74 bits per heavy atom. The normalized spacial score (nSPS) is 19.4. The Balaban J connectivity index is 2.15. The second kappa shape index (κ2) is 6.42. The van der Waals surface area contributed by atoms with Gasteiger partial charge in [0, 0.05) is 29.1 Å². The molecule has 0 aliphatic carbocycles. The van der Waals surface area contributed by atoms with Crippen molar-refractivity contribution in [2.24, 2.45) is 5.14 Å². The molecule has 0 aromatic heterocycles. The number of aromatic hydroxyl groups is 1. The highest BCUT2D eigenvalue weighted by molar-refractivity contribution is 7.82. The molecule has 2 atom stereocenters. The summed E-state index contributed by atoms with van der Waals surface area (Å²) in [4.78, 5) is 2.39. The van der Waals surface area contributed by atoms with E-state index in [4.69, 9.17) is 28.3 Å². The third kappa shape index (κ3) is 3.25. The minimum atomic E-state index is -1.75. The van der Waals surface area contributed by atoms with E-state index in [2.05, 4.69) is 4.90 Å². The van der Waals surface area contributed by atoms with Gasteiger partial charge in [-0.2, -0.15) is 0 Å². The van der Waals surface area contributed by atoms with Gasteiger partial charge < -0.3 is 10.0 Å². The standard InChI is InChI=1S/C16H16Cl2N2O2S/c1-20-7-12(9-2-3-15(21)16(4-9)23(19)22)11-5-10(17)6-14(18)13(11)8-20/h2-6,12,21H,7-8,19H2,1H3. The molecule has 23 heavy (non-hydrogen) atoms. The van der Waals surface area contributed by atoms with E-state index < -0.39 is 11.0 Å². The van der Waals surface area contributed by atoms with Crippen LogP contribution in [-0.2, 0) is 17.5 Å². The summed E-state index contributed by atoms with van der Waals surface area (Å²) < 4.78 is 11.6. The maximum atomic E-state index is 11.6. The molecule has 2 aromatic carbocycles. The molecule has 0 fully saturated rings. The lowest BCUT2D eigenvalue weighted by Crippen LogP contribution is -2.31. The Hall–Kier alpha value is -1.11. The number of nitrogens with zero attached hydrogens (tertiary/aromatic N) is 1. The predicted octanol–water partition coefficient (Wildman–Crippen LogP) is 3.26. The van der Waals surface area contributed by atoms with Gasteiger partial charge in [0.25, 0.3) is 0 Å². The van der Waals surface area contributed by atoms with E-state index >= 15 is 0 Å². The number of hydrogen-bond acceptors (Lipinski definition) is 3. The second-order valence-corrected chi connectivity index (χ2v) is 7.61. The van der Waals surface area contributed by atoms with E-state index in [0.29, 0.717) is 10.0 Å². The Morgan fingerprint density at radius 2 is 2.04 bits per heavy atom. The van der Waals surface area contributed by atoms with Crippen LogP contribution in [0.1, 0.15) is 22.6 Å². The summed E-state index contributed by atoms with van der Waals surface area (Å²) in [5, 5.41) is 16.5. The Morgan fingerprint density at radius 1 is 1.30 bits per heavy atom. The van der Waals surface area contributed by atoms with Crippen LogP contribution in [0, 0.1) is 0 Å². The van der Waals surface area contributed by atoms with Crippen LogP contribution in [0.25, 0.3) is 0 Å². The van der Waals surface area contributed by atoms with Gasteiger partial charge in [-0.15, -0.1) is 0 Å². The maximum Gasteiger partial charge on any atom is 0.133 e. The molecule has 0 bridgehead atoms. The van der Waals surface area contributed by atoms with Gasteiger partial charge in [-0.3, -0.25) is 0 Å². The number of benzene rings is 2. The summed E-state index contributed by atoms with van der Waals surface area (Å²) in [6.07, 6.45) is 0. The molecular weight excluding hydrogens is 355 g/mol. The summed E-state index contributed by atoms with van der Waals surface area (Å²) in [6, 6.07) is 8.69. The fraction of sp³-hybridized carbons (Fsp3) is 0.250.